The normalized spacial score (nSPS) is 19.6. The number of amides is 3. The highest BCUT2D eigenvalue weighted by Gasteiger charge is 2.35. The first-order valence-electron chi connectivity index (χ1n) is 9.33. The number of thioether (sulfide) groups is 1. The fraction of sp³-hybridized carbons (Fsp3) is 0.765. The molecule has 144 valence electrons. The minimum Gasteiger partial charge on any atom is -0.351 e. The van der Waals surface area contributed by atoms with Gasteiger partial charge in [0.2, 0.25) is 11.9 Å². The molecule has 1 saturated carbocycles. The highest BCUT2D eigenvalue weighted by molar-refractivity contribution is 8.00. The van der Waals surface area contributed by atoms with E-state index in [4.69, 9.17) is 5.73 Å². The second kappa shape index (κ2) is 7.85. The lowest BCUT2D eigenvalue weighted by Gasteiger charge is -2.31. The van der Waals surface area contributed by atoms with Crippen LogP contribution < -0.4 is 16.0 Å². The van der Waals surface area contributed by atoms with Crippen molar-refractivity contribution >= 4 is 29.6 Å². The van der Waals surface area contributed by atoms with Gasteiger partial charge in [0.15, 0.2) is 5.16 Å². The third kappa shape index (κ3) is 4.31. The van der Waals surface area contributed by atoms with Gasteiger partial charge in [-0.2, -0.15) is 0 Å². The molecule has 9 heteroatoms. The molecule has 3 N–H and O–H groups in total. The van der Waals surface area contributed by atoms with Gasteiger partial charge in [-0.3, -0.25) is 14.7 Å². The maximum absolute atomic E-state index is 12.3. The molecule has 2 aliphatic rings. The van der Waals surface area contributed by atoms with E-state index in [0.29, 0.717) is 6.04 Å². The summed E-state index contributed by atoms with van der Waals surface area (Å²) in [5.74, 6) is 1.32. The number of hydrogen-bond acceptors (Lipinski definition) is 6. The molecular weight excluding hydrogens is 352 g/mol. The van der Waals surface area contributed by atoms with Crippen LogP contribution >= 0.6 is 11.8 Å². The van der Waals surface area contributed by atoms with Crippen LogP contribution in [-0.2, 0) is 4.79 Å². The second-order valence-electron chi connectivity index (χ2n) is 7.69. The van der Waals surface area contributed by atoms with Crippen molar-refractivity contribution in [3.8, 4) is 0 Å². The van der Waals surface area contributed by atoms with Crippen LogP contribution in [0.1, 0.15) is 52.5 Å². The Labute approximate surface area is 158 Å². The van der Waals surface area contributed by atoms with E-state index in [9.17, 15) is 9.59 Å². The van der Waals surface area contributed by atoms with Crippen molar-refractivity contribution < 1.29 is 9.59 Å². The van der Waals surface area contributed by atoms with E-state index in [0.717, 1.165) is 55.8 Å². The lowest BCUT2D eigenvalue weighted by Crippen LogP contribution is -2.42. The predicted molar refractivity (Wildman–Crippen MR) is 101 cm³/mol. The number of imide groups is 1. The van der Waals surface area contributed by atoms with Crippen LogP contribution in [-0.4, -0.2) is 45.0 Å². The molecule has 8 nitrogen and oxygen atoms in total. The van der Waals surface area contributed by atoms with E-state index >= 15 is 0 Å². The molecule has 1 aliphatic carbocycles. The Kier molecular flexibility index (Phi) is 5.74. The van der Waals surface area contributed by atoms with Gasteiger partial charge < -0.3 is 10.6 Å². The highest BCUT2D eigenvalue weighted by atomic mass is 32.2. The maximum Gasteiger partial charge on any atom is 0.318 e. The molecule has 1 saturated heterocycles. The molecule has 0 aromatic carbocycles. The van der Waals surface area contributed by atoms with Gasteiger partial charge in [-0.05, 0) is 37.5 Å². The molecule has 1 atom stereocenters. The zero-order valence-corrected chi connectivity index (χ0v) is 16.5. The summed E-state index contributed by atoms with van der Waals surface area (Å²) in [7, 11) is 0. The van der Waals surface area contributed by atoms with E-state index in [1.54, 1.807) is 0 Å². The van der Waals surface area contributed by atoms with Crippen LogP contribution in [0.15, 0.2) is 5.16 Å². The number of piperidine rings is 1. The Morgan fingerprint density at radius 3 is 2.38 bits per heavy atom. The van der Waals surface area contributed by atoms with Crippen LogP contribution in [0.5, 0.6) is 0 Å². The number of aromatic nitrogens is 3. The Morgan fingerprint density at radius 1 is 1.19 bits per heavy atom. The fourth-order valence-electron chi connectivity index (χ4n) is 3.22. The van der Waals surface area contributed by atoms with Gasteiger partial charge in [0.1, 0.15) is 0 Å². The molecule has 3 rings (SSSR count). The summed E-state index contributed by atoms with van der Waals surface area (Å²) in [6.07, 6.45) is 4.55. The smallest absolute Gasteiger partial charge is 0.318 e. The quantitative estimate of drug-likeness (QED) is 0.733. The van der Waals surface area contributed by atoms with Crippen molar-refractivity contribution in [2.24, 2.45) is 17.6 Å². The van der Waals surface area contributed by atoms with Gasteiger partial charge in [0.25, 0.3) is 0 Å². The average molecular weight is 381 g/mol. The first-order valence-corrected chi connectivity index (χ1v) is 10.2. The maximum atomic E-state index is 12.3. The molecular formula is C17H28N6O2S. The molecule has 1 aromatic heterocycles. The Balaban J connectivity index is 1.81. The summed E-state index contributed by atoms with van der Waals surface area (Å²) >= 11 is 1.37. The molecule has 1 aliphatic heterocycles. The van der Waals surface area contributed by atoms with E-state index < -0.39 is 11.3 Å². The average Bonchev–Trinajstić information content (AvgIpc) is 3.32. The number of rotatable bonds is 6. The molecule has 26 heavy (non-hydrogen) atoms. The number of urea groups is 1. The van der Waals surface area contributed by atoms with Crippen LogP contribution in [0.2, 0.25) is 0 Å². The lowest BCUT2D eigenvalue weighted by molar-refractivity contribution is -0.120. The summed E-state index contributed by atoms with van der Waals surface area (Å²) < 4.78 is 2.19. The standard InChI is InChI=1S/C17H28N6O2S/c1-10(2)13(14(24)19-15(18)25)26-17-21-20-16(23(17)12-4-5-12)22-8-6-11(3)7-9-22/h10-13H,4-9H2,1-3H3,(H3,18,19,24,25). The predicted octanol–water partition coefficient (Wildman–Crippen LogP) is 2.16. The summed E-state index contributed by atoms with van der Waals surface area (Å²) in [4.78, 5) is 25.7. The van der Waals surface area contributed by atoms with Crippen molar-refractivity contribution in [1.29, 1.82) is 0 Å². The summed E-state index contributed by atoms with van der Waals surface area (Å²) in [6, 6.07) is -0.415. The van der Waals surface area contributed by atoms with E-state index in [-0.39, 0.29) is 11.8 Å². The fourth-order valence-corrected chi connectivity index (χ4v) is 4.32. The molecule has 0 radical (unpaired) electrons. The van der Waals surface area contributed by atoms with E-state index in [1.807, 2.05) is 13.8 Å². The SMILES string of the molecule is CC1CCN(c2nnc(SC(C(=O)NC(N)=O)C(C)C)n2C2CC2)CC1. The second-order valence-corrected chi connectivity index (χ2v) is 8.80. The summed E-state index contributed by atoms with van der Waals surface area (Å²) in [5.41, 5.74) is 5.11. The molecule has 0 spiro atoms. The number of nitrogens with zero attached hydrogens (tertiary/aromatic N) is 4. The molecule has 2 heterocycles. The van der Waals surface area contributed by atoms with E-state index in [1.165, 1.54) is 11.8 Å². The van der Waals surface area contributed by atoms with Crippen molar-refractivity contribution in [2.45, 2.75) is 62.9 Å². The third-order valence-corrected chi connectivity index (χ3v) is 6.47. The summed E-state index contributed by atoms with van der Waals surface area (Å²) in [6.45, 7) is 8.17. The van der Waals surface area contributed by atoms with Gasteiger partial charge in [0.05, 0.1) is 5.25 Å². The van der Waals surface area contributed by atoms with Crippen molar-refractivity contribution in [1.82, 2.24) is 20.1 Å². The number of carbonyl (C=O) groups is 2. The first kappa shape index (κ1) is 19.0. The monoisotopic (exact) mass is 380 g/mol. The van der Waals surface area contributed by atoms with Gasteiger partial charge in [-0.1, -0.05) is 32.5 Å². The number of carbonyl (C=O) groups excluding carboxylic acids is 2. The van der Waals surface area contributed by atoms with Gasteiger partial charge in [-0.25, -0.2) is 4.79 Å². The van der Waals surface area contributed by atoms with Crippen LogP contribution in [0.3, 0.4) is 0 Å². The molecule has 2 fully saturated rings. The molecule has 1 aromatic rings. The lowest BCUT2D eigenvalue weighted by atomic mass is 10.00. The first-order chi connectivity index (χ1) is 12.4. The van der Waals surface area contributed by atoms with Crippen LogP contribution in [0.25, 0.3) is 0 Å². The highest BCUT2D eigenvalue weighted by Crippen LogP contribution is 2.42. The Hall–Kier alpha value is -1.77. The largest absolute Gasteiger partial charge is 0.351 e. The minimum absolute atomic E-state index is 0.0305. The number of anilines is 1. The number of hydrogen-bond donors (Lipinski definition) is 2. The Morgan fingerprint density at radius 2 is 1.85 bits per heavy atom. The Bertz CT molecular complexity index is 664. The topological polar surface area (TPSA) is 106 Å². The molecule has 3 amide bonds. The number of primary amides is 1. The van der Waals surface area contributed by atoms with Crippen molar-refractivity contribution in [3.05, 3.63) is 0 Å². The summed E-state index contributed by atoms with van der Waals surface area (Å²) in [5, 5.41) is 11.3. The molecule has 0 bridgehead atoms. The zero-order valence-electron chi connectivity index (χ0n) is 15.6. The van der Waals surface area contributed by atoms with Crippen molar-refractivity contribution in [2.75, 3.05) is 18.0 Å². The minimum atomic E-state index is -0.826. The zero-order chi connectivity index (χ0) is 18.8. The van der Waals surface area contributed by atoms with Crippen LogP contribution in [0.4, 0.5) is 10.7 Å². The van der Waals surface area contributed by atoms with Gasteiger partial charge >= 0.3 is 6.03 Å². The number of nitrogens with one attached hydrogen (secondary N) is 1. The number of nitrogens with two attached hydrogens (primary N) is 1. The van der Waals surface area contributed by atoms with Crippen LogP contribution in [0, 0.1) is 11.8 Å². The van der Waals surface area contributed by atoms with Gasteiger partial charge in [0, 0.05) is 19.1 Å². The molecule has 1 unspecified atom stereocenters. The third-order valence-electron chi connectivity index (χ3n) is 4.97. The van der Waals surface area contributed by atoms with Crippen molar-refractivity contribution in [3.63, 3.8) is 0 Å². The van der Waals surface area contributed by atoms with Gasteiger partial charge in [-0.15, -0.1) is 10.2 Å². The van der Waals surface area contributed by atoms with E-state index in [2.05, 4.69) is 31.9 Å².